The van der Waals surface area contributed by atoms with E-state index in [0.717, 1.165) is 37.4 Å². The second-order valence-corrected chi connectivity index (χ2v) is 6.42. The topological polar surface area (TPSA) is 53.0 Å². The van der Waals surface area contributed by atoms with E-state index in [2.05, 4.69) is 11.0 Å². The van der Waals surface area contributed by atoms with Gasteiger partial charge >= 0.3 is 0 Å². The highest BCUT2D eigenvalue weighted by molar-refractivity contribution is 5.85. The Labute approximate surface area is 137 Å². The van der Waals surface area contributed by atoms with E-state index in [9.17, 15) is 9.90 Å². The van der Waals surface area contributed by atoms with Crippen molar-refractivity contribution in [2.24, 2.45) is 0 Å². The maximum absolute atomic E-state index is 12.6. The quantitative estimate of drug-likeness (QED) is 0.923. The van der Waals surface area contributed by atoms with Gasteiger partial charge in [0.25, 0.3) is 5.91 Å². The molecule has 126 valence electrons. The lowest BCUT2D eigenvalue weighted by atomic mass is 10.00. The molecule has 5 nitrogen and oxygen atoms in total. The fourth-order valence-electron chi connectivity index (χ4n) is 3.61. The zero-order chi connectivity index (χ0) is 16.3. The predicted molar refractivity (Wildman–Crippen MR) is 89.8 cm³/mol. The molecule has 5 heteroatoms. The molecule has 2 fully saturated rings. The summed E-state index contributed by atoms with van der Waals surface area (Å²) in [6.45, 7) is 5.47. The summed E-state index contributed by atoms with van der Waals surface area (Å²) >= 11 is 0. The number of ether oxygens (including phenoxy) is 1. The molecule has 0 aromatic heterocycles. The van der Waals surface area contributed by atoms with Crippen LogP contribution in [-0.2, 0) is 4.79 Å². The normalized spacial score (nSPS) is 20.6. The Bertz CT molecular complexity index is 547. The molecule has 0 unspecified atom stereocenters. The molecular formula is C18H26N2O3. The van der Waals surface area contributed by atoms with Crippen molar-refractivity contribution < 1.29 is 14.6 Å². The maximum Gasteiger partial charge on any atom is 0.254 e. The molecular weight excluding hydrogens is 292 g/mol. The van der Waals surface area contributed by atoms with Gasteiger partial charge in [0.2, 0.25) is 0 Å². The molecule has 1 saturated carbocycles. The first kappa shape index (κ1) is 16.1. The van der Waals surface area contributed by atoms with Crippen LogP contribution in [0.2, 0.25) is 0 Å². The van der Waals surface area contributed by atoms with Gasteiger partial charge in [-0.15, -0.1) is 0 Å². The molecule has 2 aliphatic rings. The van der Waals surface area contributed by atoms with Crippen LogP contribution in [0, 0.1) is 0 Å². The fourth-order valence-corrected chi connectivity index (χ4v) is 3.61. The van der Waals surface area contributed by atoms with Gasteiger partial charge in [0.1, 0.15) is 11.4 Å². The Morgan fingerprint density at radius 2 is 1.83 bits per heavy atom. The number of para-hydroxylation sites is 2. The first-order chi connectivity index (χ1) is 11.1. The maximum atomic E-state index is 12.6. The van der Waals surface area contributed by atoms with E-state index in [1.54, 1.807) is 0 Å². The van der Waals surface area contributed by atoms with Crippen LogP contribution in [-0.4, -0.2) is 54.3 Å². The highest BCUT2D eigenvalue weighted by Crippen LogP contribution is 2.33. The smallest absolute Gasteiger partial charge is 0.254 e. The predicted octanol–water partition coefficient (Wildman–Crippen LogP) is 2.04. The van der Waals surface area contributed by atoms with Crippen molar-refractivity contribution in [1.82, 2.24) is 4.90 Å². The Hall–Kier alpha value is -1.75. The molecule has 1 aromatic carbocycles. The SMILES string of the molecule is CCOc1ccccc1N1CCN(C(=O)C2(O)CCCC2)CC1. The summed E-state index contributed by atoms with van der Waals surface area (Å²) in [4.78, 5) is 16.6. The fraction of sp³-hybridized carbons (Fsp3) is 0.611. The minimum absolute atomic E-state index is 0.0762. The second kappa shape index (κ2) is 6.79. The first-order valence-electron chi connectivity index (χ1n) is 8.62. The molecule has 1 heterocycles. The summed E-state index contributed by atoms with van der Waals surface area (Å²) in [7, 11) is 0. The van der Waals surface area contributed by atoms with Crippen LogP contribution in [0.1, 0.15) is 32.6 Å². The van der Waals surface area contributed by atoms with Crippen molar-refractivity contribution >= 4 is 11.6 Å². The summed E-state index contributed by atoms with van der Waals surface area (Å²) < 4.78 is 5.70. The summed E-state index contributed by atoms with van der Waals surface area (Å²) in [5, 5.41) is 10.5. The number of nitrogens with zero attached hydrogens (tertiary/aromatic N) is 2. The Kier molecular flexibility index (Phi) is 4.76. The van der Waals surface area contributed by atoms with Gasteiger partial charge in [-0.2, -0.15) is 0 Å². The molecule has 1 N–H and O–H groups in total. The Balaban J connectivity index is 1.63. The van der Waals surface area contributed by atoms with E-state index in [4.69, 9.17) is 4.74 Å². The molecule has 1 saturated heterocycles. The summed E-state index contributed by atoms with van der Waals surface area (Å²) in [6.07, 6.45) is 3.12. The summed E-state index contributed by atoms with van der Waals surface area (Å²) in [5.74, 6) is 0.817. The third-order valence-corrected chi connectivity index (χ3v) is 4.90. The number of benzene rings is 1. The second-order valence-electron chi connectivity index (χ2n) is 6.42. The lowest BCUT2D eigenvalue weighted by Gasteiger charge is -2.39. The van der Waals surface area contributed by atoms with E-state index in [-0.39, 0.29) is 5.91 Å². The first-order valence-corrected chi connectivity index (χ1v) is 8.62. The molecule has 1 aliphatic carbocycles. The number of aliphatic hydroxyl groups is 1. The molecule has 1 aromatic rings. The molecule has 0 atom stereocenters. The zero-order valence-corrected chi connectivity index (χ0v) is 13.8. The summed E-state index contributed by atoms with van der Waals surface area (Å²) in [5.41, 5.74) is -0.0215. The minimum atomic E-state index is -1.11. The lowest BCUT2D eigenvalue weighted by molar-refractivity contribution is -0.151. The van der Waals surface area contributed by atoms with Gasteiger partial charge in [-0.1, -0.05) is 12.1 Å². The van der Waals surface area contributed by atoms with E-state index >= 15 is 0 Å². The summed E-state index contributed by atoms with van der Waals surface area (Å²) in [6, 6.07) is 8.03. The van der Waals surface area contributed by atoms with Crippen molar-refractivity contribution in [2.45, 2.75) is 38.2 Å². The molecule has 1 amide bonds. The number of hydrogen-bond acceptors (Lipinski definition) is 4. The molecule has 0 bridgehead atoms. The monoisotopic (exact) mass is 318 g/mol. The third kappa shape index (κ3) is 3.29. The van der Waals surface area contributed by atoms with E-state index in [1.807, 2.05) is 30.0 Å². The van der Waals surface area contributed by atoms with Crippen LogP contribution in [0.3, 0.4) is 0 Å². The van der Waals surface area contributed by atoms with E-state index < -0.39 is 5.60 Å². The van der Waals surface area contributed by atoms with Crippen molar-refractivity contribution in [2.75, 3.05) is 37.7 Å². The van der Waals surface area contributed by atoms with Crippen LogP contribution in [0.4, 0.5) is 5.69 Å². The van der Waals surface area contributed by atoms with Crippen LogP contribution in [0.15, 0.2) is 24.3 Å². The van der Waals surface area contributed by atoms with E-state index in [0.29, 0.717) is 32.5 Å². The standard InChI is InChI=1S/C18H26N2O3/c1-2-23-16-8-4-3-7-15(16)19-11-13-20(14-12-19)17(21)18(22)9-5-6-10-18/h3-4,7-8,22H,2,5-6,9-14H2,1H3. The largest absolute Gasteiger partial charge is 0.492 e. The molecule has 23 heavy (non-hydrogen) atoms. The van der Waals surface area contributed by atoms with Gasteiger partial charge < -0.3 is 19.6 Å². The van der Waals surface area contributed by atoms with Crippen LogP contribution < -0.4 is 9.64 Å². The van der Waals surface area contributed by atoms with Crippen molar-refractivity contribution in [3.8, 4) is 5.75 Å². The van der Waals surface area contributed by atoms with E-state index in [1.165, 1.54) is 0 Å². The number of carbonyl (C=O) groups is 1. The van der Waals surface area contributed by atoms with Gasteiger partial charge in [-0.3, -0.25) is 4.79 Å². The average Bonchev–Trinajstić information content (AvgIpc) is 3.03. The number of rotatable bonds is 4. The molecule has 0 radical (unpaired) electrons. The molecule has 3 rings (SSSR count). The average molecular weight is 318 g/mol. The van der Waals surface area contributed by atoms with Crippen LogP contribution in [0.25, 0.3) is 0 Å². The molecule has 1 aliphatic heterocycles. The van der Waals surface area contributed by atoms with Gasteiger partial charge in [-0.25, -0.2) is 0 Å². The molecule has 0 spiro atoms. The third-order valence-electron chi connectivity index (χ3n) is 4.90. The Morgan fingerprint density at radius 3 is 2.48 bits per heavy atom. The van der Waals surface area contributed by atoms with Crippen molar-refractivity contribution in [1.29, 1.82) is 0 Å². The zero-order valence-electron chi connectivity index (χ0n) is 13.8. The highest BCUT2D eigenvalue weighted by Gasteiger charge is 2.42. The van der Waals surface area contributed by atoms with Crippen LogP contribution >= 0.6 is 0 Å². The Morgan fingerprint density at radius 1 is 1.17 bits per heavy atom. The number of piperazine rings is 1. The van der Waals surface area contributed by atoms with Crippen molar-refractivity contribution in [3.05, 3.63) is 24.3 Å². The van der Waals surface area contributed by atoms with Gasteiger partial charge in [0, 0.05) is 26.2 Å². The number of anilines is 1. The number of amides is 1. The number of hydrogen-bond donors (Lipinski definition) is 1. The van der Waals surface area contributed by atoms with Crippen molar-refractivity contribution in [3.63, 3.8) is 0 Å². The van der Waals surface area contributed by atoms with Gasteiger partial charge in [-0.05, 0) is 44.7 Å². The highest BCUT2D eigenvalue weighted by atomic mass is 16.5. The van der Waals surface area contributed by atoms with Gasteiger partial charge in [0.05, 0.1) is 12.3 Å². The van der Waals surface area contributed by atoms with Crippen LogP contribution in [0.5, 0.6) is 5.75 Å². The minimum Gasteiger partial charge on any atom is -0.492 e. The number of carbonyl (C=O) groups excluding carboxylic acids is 1. The van der Waals surface area contributed by atoms with Gasteiger partial charge in [0.15, 0.2) is 0 Å². The lowest BCUT2D eigenvalue weighted by Crippen LogP contribution is -2.55.